The average Bonchev–Trinajstić information content (AvgIpc) is 3.26. The molecule has 6 rings (SSSR count). The quantitative estimate of drug-likeness (QED) is 0.325. The molecular formula is C30H25BrN2O4S. The van der Waals surface area contributed by atoms with Gasteiger partial charge in [0.15, 0.2) is 4.80 Å². The Morgan fingerprint density at radius 2 is 1.79 bits per heavy atom. The van der Waals surface area contributed by atoms with Gasteiger partial charge >= 0.3 is 0 Å². The van der Waals surface area contributed by atoms with Gasteiger partial charge in [0.05, 0.1) is 42.1 Å². The Morgan fingerprint density at radius 3 is 2.58 bits per heavy atom. The lowest BCUT2D eigenvalue weighted by molar-refractivity contribution is 0.392. The zero-order valence-corrected chi connectivity index (χ0v) is 23.6. The molecule has 0 radical (unpaired) electrons. The fraction of sp³-hybridized carbons (Fsp3) is 0.200. The highest BCUT2D eigenvalue weighted by Gasteiger charge is 2.32. The summed E-state index contributed by atoms with van der Waals surface area (Å²) < 4.78 is 19.8. The maximum atomic E-state index is 14.0. The molecule has 0 bridgehead atoms. The minimum absolute atomic E-state index is 0.0824. The molecule has 8 heteroatoms. The van der Waals surface area contributed by atoms with Crippen LogP contribution in [0.1, 0.15) is 34.7 Å². The smallest absolute Gasteiger partial charge is 0.271 e. The highest BCUT2D eigenvalue weighted by Crippen LogP contribution is 2.41. The Bertz CT molecular complexity index is 1790. The maximum Gasteiger partial charge on any atom is 0.271 e. The first kappa shape index (κ1) is 24.7. The SMILES string of the molecule is COc1cccc([C@H]2C3=C(N=c4s/c(=C/c5cc(Br)c(OC)cc5OC)c(=O)n42)c2ccccc2CC3)c1. The van der Waals surface area contributed by atoms with E-state index >= 15 is 0 Å². The van der Waals surface area contributed by atoms with E-state index < -0.39 is 0 Å². The Balaban J connectivity index is 1.61. The molecule has 1 atom stereocenters. The first-order valence-electron chi connectivity index (χ1n) is 12.2. The predicted octanol–water partition coefficient (Wildman–Crippen LogP) is 5.11. The van der Waals surface area contributed by atoms with Crippen molar-refractivity contribution in [3.63, 3.8) is 0 Å². The van der Waals surface area contributed by atoms with Gasteiger partial charge in [-0.15, -0.1) is 0 Å². The molecule has 4 aromatic rings. The first-order valence-corrected chi connectivity index (χ1v) is 13.8. The number of ether oxygens (including phenoxy) is 3. The summed E-state index contributed by atoms with van der Waals surface area (Å²) in [6.45, 7) is 0. The zero-order valence-electron chi connectivity index (χ0n) is 21.2. The van der Waals surface area contributed by atoms with Crippen LogP contribution in [-0.2, 0) is 6.42 Å². The molecule has 0 spiro atoms. The molecule has 1 aliphatic carbocycles. The fourth-order valence-electron chi connectivity index (χ4n) is 5.27. The maximum absolute atomic E-state index is 14.0. The molecule has 2 heterocycles. The van der Waals surface area contributed by atoms with Crippen molar-refractivity contribution >= 4 is 39.0 Å². The summed E-state index contributed by atoms with van der Waals surface area (Å²) in [7, 11) is 4.87. The number of nitrogens with zero attached hydrogens (tertiary/aromatic N) is 2. The molecule has 3 aromatic carbocycles. The highest BCUT2D eigenvalue weighted by atomic mass is 79.9. The molecule has 0 amide bonds. The molecule has 0 fully saturated rings. The van der Waals surface area contributed by atoms with Crippen LogP contribution in [0.2, 0.25) is 0 Å². The molecule has 0 unspecified atom stereocenters. The van der Waals surface area contributed by atoms with Gasteiger partial charge in [0.2, 0.25) is 0 Å². The van der Waals surface area contributed by atoms with E-state index in [4.69, 9.17) is 19.2 Å². The van der Waals surface area contributed by atoms with Crippen LogP contribution >= 0.6 is 27.3 Å². The third-order valence-electron chi connectivity index (χ3n) is 7.07. The zero-order chi connectivity index (χ0) is 26.4. The summed E-state index contributed by atoms with van der Waals surface area (Å²) in [4.78, 5) is 19.8. The van der Waals surface area contributed by atoms with Gasteiger partial charge in [-0.3, -0.25) is 9.36 Å². The Kier molecular flexibility index (Phi) is 6.45. The number of methoxy groups -OCH3 is 3. The fourth-order valence-corrected chi connectivity index (χ4v) is 6.79. The van der Waals surface area contributed by atoms with Gasteiger partial charge in [-0.25, -0.2) is 4.99 Å². The largest absolute Gasteiger partial charge is 0.497 e. The van der Waals surface area contributed by atoms with Crippen LogP contribution in [0.15, 0.2) is 80.5 Å². The van der Waals surface area contributed by atoms with Crippen LogP contribution in [0.5, 0.6) is 17.2 Å². The number of allylic oxidation sites excluding steroid dienone is 1. The van der Waals surface area contributed by atoms with Gasteiger partial charge in [0.1, 0.15) is 17.2 Å². The number of benzene rings is 3. The summed E-state index contributed by atoms with van der Waals surface area (Å²) >= 11 is 4.94. The number of fused-ring (bicyclic) bond motifs is 3. The van der Waals surface area contributed by atoms with E-state index in [0.717, 1.165) is 51.0 Å². The third-order valence-corrected chi connectivity index (χ3v) is 8.68. The first-order chi connectivity index (χ1) is 18.5. The average molecular weight is 590 g/mol. The van der Waals surface area contributed by atoms with Crippen molar-refractivity contribution in [3.8, 4) is 17.2 Å². The van der Waals surface area contributed by atoms with E-state index in [9.17, 15) is 4.79 Å². The van der Waals surface area contributed by atoms with E-state index in [0.29, 0.717) is 20.8 Å². The normalized spacial score (nSPS) is 16.3. The van der Waals surface area contributed by atoms with Gasteiger partial charge in [-0.2, -0.15) is 0 Å². The molecule has 1 aliphatic heterocycles. The minimum atomic E-state index is -0.267. The summed E-state index contributed by atoms with van der Waals surface area (Å²) in [5, 5.41) is 0. The Hall–Kier alpha value is -3.62. The number of rotatable bonds is 5. The molecule has 1 aromatic heterocycles. The van der Waals surface area contributed by atoms with Crippen LogP contribution in [0, 0.1) is 0 Å². The molecular weight excluding hydrogens is 564 g/mol. The predicted molar refractivity (Wildman–Crippen MR) is 153 cm³/mol. The van der Waals surface area contributed by atoms with Crippen molar-refractivity contribution in [1.29, 1.82) is 0 Å². The van der Waals surface area contributed by atoms with Crippen molar-refractivity contribution < 1.29 is 14.2 Å². The van der Waals surface area contributed by atoms with Crippen LogP contribution in [0.4, 0.5) is 0 Å². The molecule has 0 saturated heterocycles. The van der Waals surface area contributed by atoms with Gasteiger partial charge in [0.25, 0.3) is 5.56 Å². The van der Waals surface area contributed by atoms with Crippen LogP contribution in [-0.4, -0.2) is 25.9 Å². The van der Waals surface area contributed by atoms with E-state index in [2.05, 4.69) is 40.2 Å². The minimum Gasteiger partial charge on any atom is -0.497 e. The van der Waals surface area contributed by atoms with Crippen molar-refractivity contribution in [3.05, 3.63) is 113 Å². The number of hydrogen-bond acceptors (Lipinski definition) is 6. The summed E-state index contributed by atoms with van der Waals surface area (Å²) in [5.41, 5.74) is 6.24. The van der Waals surface area contributed by atoms with Gasteiger partial charge < -0.3 is 14.2 Å². The van der Waals surface area contributed by atoms with Crippen LogP contribution in [0.3, 0.4) is 0 Å². The highest BCUT2D eigenvalue weighted by molar-refractivity contribution is 9.10. The van der Waals surface area contributed by atoms with Crippen LogP contribution < -0.4 is 29.1 Å². The van der Waals surface area contributed by atoms with E-state index in [1.165, 1.54) is 16.9 Å². The second-order valence-corrected chi connectivity index (χ2v) is 11.0. The monoisotopic (exact) mass is 588 g/mol. The number of thiazole rings is 1. The number of aryl methyl sites for hydroxylation is 1. The Morgan fingerprint density at radius 1 is 0.974 bits per heavy atom. The van der Waals surface area contributed by atoms with Crippen molar-refractivity contribution in [1.82, 2.24) is 4.57 Å². The second kappa shape index (κ2) is 9.93. The number of hydrogen-bond donors (Lipinski definition) is 0. The van der Waals surface area contributed by atoms with Crippen molar-refractivity contribution in [2.75, 3.05) is 21.3 Å². The van der Waals surface area contributed by atoms with Gasteiger partial charge in [0, 0.05) is 17.2 Å². The molecule has 192 valence electrons. The summed E-state index contributed by atoms with van der Waals surface area (Å²) in [6.07, 6.45) is 3.61. The molecule has 0 saturated carbocycles. The van der Waals surface area contributed by atoms with Crippen molar-refractivity contribution in [2.24, 2.45) is 4.99 Å². The third kappa shape index (κ3) is 4.08. The number of aromatic nitrogens is 1. The summed E-state index contributed by atoms with van der Waals surface area (Å²) in [6, 6.07) is 19.8. The van der Waals surface area contributed by atoms with Gasteiger partial charge in [-0.05, 0) is 69.7 Å². The lowest BCUT2D eigenvalue weighted by Gasteiger charge is -2.31. The molecule has 0 N–H and O–H groups in total. The van der Waals surface area contributed by atoms with Gasteiger partial charge in [-0.1, -0.05) is 47.7 Å². The van der Waals surface area contributed by atoms with E-state index in [-0.39, 0.29) is 11.6 Å². The summed E-state index contributed by atoms with van der Waals surface area (Å²) in [5.74, 6) is 2.03. The standard InChI is InChI=1S/C30H25BrN2O4S/c1-35-20-9-6-8-18(13-20)28-22-12-11-17-7-4-5-10-21(17)27(22)32-30-33(28)29(34)26(38-30)15-19-14-23(31)25(37-3)16-24(19)36-2/h4-10,13-16,28H,11-12H2,1-3H3/b26-15+/t28-/m0/s1. The molecule has 2 aliphatic rings. The topological polar surface area (TPSA) is 62.0 Å². The number of halogens is 1. The van der Waals surface area contributed by atoms with E-state index in [1.807, 2.05) is 47.0 Å². The lowest BCUT2D eigenvalue weighted by atomic mass is 9.83. The lowest BCUT2D eigenvalue weighted by Crippen LogP contribution is -2.38. The van der Waals surface area contributed by atoms with E-state index in [1.54, 1.807) is 21.3 Å². The molecule has 6 nitrogen and oxygen atoms in total. The Labute approximate surface area is 232 Å². The van der Waals surface area contributed by atoms with Crippen LogP contribution in [0.25, 0.3) is 11.8 Å². The second-order valence-electron chi connectivity index (χ2n) is 9.12. The molecule has 38 heavy (non-hydrogen) atoms. The van der Waals surface area contributed by atoms with Crippen molar-refractivity contribution in [2.45, 2.75) is 18.9 Å².